The second kappa shape index (κ2) is 4.08. The SMILES string of the molecule is CC(C)(C)ON1C[C@]2(C)C[C@]2(c2ccccc2)CC1=O. The highest BCUT2D eigenvalue weighted by atomic mass is 16.7. The van der Waals surface area contributed by atoms with Gasteiger partial charge in [0.05, 0.1) is 12.1 Å². The molecule has 3 heteroatoms. The van der Waals surface area contributed by atoms with E-state index in [2.05, 4.69) is 31.2 Å². The lowest BCUT2D eigenvalue weighted by Gasteiger charge is -2.38. The Labute approximate surface area is 120 Å². The predicted octanol–water partition coefficient (Wildman–Crippen LogP) is 3.30. The minimum atomic E-state index is -0.326. The van der Waals surface area contributed by atoms with E-state index in [0.717, 1.165) is 6.42 Å². The summed E-state index contributed by atoms with van der Waals surface area (Å²) in [7, 11) is 0. The Kier molecular flexibility index (Phi) is 2.78. The molecule has 0 N–H and O–H groups in total. The molecule has 1 aliphatic heterocycles. The maximum absolute atomic E-state index is 12.4. The third kappa shape index (κ3) is 2.05. The first-order valence-electron chi connectivity index (χ1n) is 7.31. The average molecular weight is 273 g/mol. The van der Waals surface area contributed by atoms with E-state index >= 15 is 0 Å². The molecule has 3 rings (SSSR count). The van der Waals surface area contributed by atoms with Crippen molar-refractivity contribution >= 4 is 5.91 Å². The first-order valence-corrected chi connectivity index (χ1v) is 7.31. The minimum absolute atomic E-state index is 0.0308. The molecule has 2 fully saturated rings. The van der Waals surface area contributed by atoms with Crippen LogP contribution in [-0.4, -0.2) is 23.1 Å². The Hall–Kier alpha value is -1.35. The number of carbonyl (C=O) groups excluding carboxylic acids is 1. The van der Waals surface area contributed by atoms with Crippen LogP contribution in [0.3, 0.4) is 0 Å². The number of hydroxylamine groups is 2. The van der Waals surface area contributed by atoms with Crippen LogP contribution in [0.4, 0.5) is 0 Å². The summed E-state index contributed by atoms with van der Waals surface area (Å²) < 4.78 is 0. The number of hydrogen-bond acceptors (Lipinski definition) is 2. The standard InChI is InChI=1S/C17H23NO2/c1-15(2,3)20-18-12-16(4)11-17(16,10-14(18)19)13-8-6-5-7-9-13/h5-9H,10-12H2,1-4H3/t16-,17-/m0/s1. The highest BCUT2D eigenvalue weighted by molar-refractivity contribution is 5.80. The van der Waals surface area contributed by atoms with E-state index in [0.29, 0.717) is 13.0 Å². The number of benzene rings is 1. The maximum atomic E-state index is 12.4. The maximum Gasteiger partial charge on any atom is 0.247 e. The lowest BCUT2D eigenvalue weighted by molar-refractivity contribution is -0.237. The average Bonchev–Trinajstić information content (AvgIpc) is 2.95. The summed E-state index contributed by atoms with van der Waals surface area (Å²) in [6.07, 6.45) is 1.63. The van der Waals surface area contributed by atoms with Gasteiger partial charge in [0.1, 0.15) is 0 Å². The smallest absolute Gasteiger partial charge is 0.247 e. The van der Waals surface area contributed by atoms with Gasteiger partial charge in [-0.1, -0.05) is 37.3 Å². The van der Waals surface area contributed by atoms with E-state index < -0.39 is 0 Å². The van der Waals surface area contributed by atoms with Gasteiger partial charge in [-0.2, -0.15) is 0 Å². The Morgan fingerprint density at radius 2 is 1.85 bits per heavy atom. The fourth-order valence-corrected chi connectivity index (χ4v) is 3.58. The van der Waals surface area contributed by atoms with E-state index in [1.807, 2.05) is 26.8 Å². The van der Waals surface area contributed by atoms with Gasteiger partial charge in [-0.05, 0) is 38.2 Å². The quantitative estimate of drug-likeness (QED) is 0.827. The normalized spacial score (nSPS) is 33.0. The summed E-state index contributed by atoms with van der Waals surface area (Å²) in [5.41, 5.74) is 1.15. The molecular weight excluding hydrogens is 250 g/mol. The Morgan fingerprint density at radius 1 is 1.20 bits per heavy atom. The van der Waals surface area contributed by atoms with Gasteiger partial charge in [-0.3, -0.25) is 9.63 Å². The zero-order valence-electron chi connectivity index (χ0n) is 12.8. The number of piperidine rings is 1. The number of fused-ring (bicyclic) bond motifs is 1. The van der Waals surface area contributed by atoms with Gasteiger partial charge in [0.2, 0.25) is 5.91 Å². The summed E-state index contributed by atoms with van der Waals surface area (Å²) in [6.45, 7) is 8.90. The first-order chi connectivity index (χ1) is 9.26. The van der Waals surface area contributed by atoms with Gasteiger partial charge in [-0.25, -0.2) is 5.06 Å². The predicted molar refractivity (Wildman–Crippen MR) is 78.0 cm³/mol. The van der Waals surface area contributed by atoms with Crippen molar-refractivity contribution in [2.75, 3.05) is 6.54 Å². The zero-order valence-corrected chi connectivity index (χ0v) is 12.8. The van der Waals surface area contributed by atoms with Crippen LogP contribution in [0.15, 0.2) is 30.3 Å². The summed E-state index contributed by atoms with van der Waals surface area (Å²) in [5.74, 6) is 0.110. The topological polar surface area (TPSA) is 29.5 Å². The Balaban J connectivity index is 1.84. The third-order valence-electron chi connectivity index (χ3n) is 4.66. The molecule has 2 atom stereocenters. The molecule has 1 aromatic rings. The van der Waals surface area contributed by atoms with Crippen molar-refractivity contribution in [1.82, 2.24) is 5.06 Å². The molecule has 0 bridgehead atoms. The zero-order chi connectivity index (χ0) is 14.6. The van der Waals surface area contributed by atoms with Crippen molar-refractivity contribution < 1.29 is 9.63 Å². The minimum Gasteiger partial charge on any atom is -0.273 e. The van der Waals surface area contributed by atoms with Gasteiger partial charge in [-0.15, -0.1) is 0 Å². The van der Waals surface area contributed by atoms with Gasteiger partial charge in [0.25, 0.3) is 0 Å². The molecule has 0 unspecified atom stereocenters. The fraction of sp³-hybridized carbons (Fsp3) is 0.588. The summed E-state index contributed by atoms with van der Waals surface area (Å²) in [5, 5.41) is 1.59. The van der Waals surface area contributed by atoms with Gasteiger partial charge in [0.15, 0.2) is 0 Å². The molecule has 1 heterocycles. The van der Waals surface area contributed by atoms with Crippen molar-refractivity contribution in [2.45, 2.75) is 51.6 Å². The van der Waals surface area contributed by atoms with Crippen LogP contribution >= 0.6 is 0 Å². The molecule has 1 amide bonds. The molecule has 3 nitrogen and oxygen atoms in total. The van der Waals surface area contributed by atoms with Crippen LogP contribution in [0.1, 0.15) is 46.1 Å². The van der Waals surface area contributed by atoms with E-state index in [-0.39, 0.29) is 22.3 Å². The summed E-state index contributed by atoms with van der Waals surface area (Å²) in [6, 6.07) is 10.5. The highest BCUT2D eigenvalue weighted by Gasteiger charge is 2.69. The third-order valence-corrected chi connectivity index (χ3v) is 4.66. The lowest BCUT2D eigenvalue weighted by atomic mass is 9.81. The highest BCUT2D eigenvalue weighted by Crippen LogP contribution is 2.68. The van der Waals surface area contributed by atoms with E-state index in [1.165, 1.54) is 5.56 Å². The molecule has 1 saturated heterocycles. The van der Waals surface area contributed by atoms with Crippen LogP contribution in [0.5, 0.6) is 0 Å². The number of nitrogens with zero attached hydrogens (tertiary/aromatic N) is 1. The Morgan fingerprint density at radius 3 is 2.45 bits per heavy atom. The number of rotatable bonds is 2. The Bertz CT molecular complexity index is 534. The second-order valence-electron chi connectivity index (χ2n) is 7.50. The van der Waals surface area contributed by atoms with Crippen molar-refractivity contribution in [3.8, 4) is 0 Å². The molecule has 0 radical (unpaired) electrons. The van der Waals surface area contributed by atoms with Crippen molar-refractivity contribution in [3.63, 3.8) is 0 Å². The molecule has 1 aromatic carbocycles. The molecule has 0 aromatic heterocycles. The lowest BCUT2D eigenvalue weighted by Crippen LogP contribution is -2.47. The second-order valence-corrected chi connectivity index (χ2v) is 7.50. The van der Waals surface area contributed by atoms with Crippen molar-refractivity contribution in [1.29, 1.82) is 0 Å². The van der Waals surface area contributed by atoms with E-state index in [1.54, 1.807) is 5.06 Å². The number of carbonyl (C=O) groups is 1. The van der Waals surface area contributed by atoms with Crippen molar-refractivity contribution in [2.24, 2.45) is 5.41 Å². The molecule has 20 heavy (non-hydrogen) atoms. The fourth-order valence-electron chi connectivity index (χ4n) is 3.58. The number of amides is 1. The van der Waals surface area contributed by atoms with Crippen LogP contribution in [0.25, 0.3) is 0 Å². The van der Waals surface area contributed by atoms with Crippen molar-refractivity contribution in [3.05, 3.63) is 35.9 Å². The van der Waals surface area contributed by atoms with Crippen LogP contribution in [0, 0.1) is 5.41 Å². The molecule has 2 aliphatic rings. The molecule has 108 valence electrons. The largest absolute Gasteiger partial charge is 0.273 e. The van der Waals surface area contributed by atoms with E-state index in [4.69, 9.17) is 4.84 Å². The molecule has 1 aliphatic carbocycles. The van der Waals surface area contributed by atoms with E-state index in [9.17, 15) is 4.79 Å². The van der Waals surface area contributed by atoms with Crippen LogP contribution in [0.2, 0.25) is 0 Å². The van der Waals surface area contributed by atoms with Crippen LogP contribution < -0.4 is 0 Å². The van der Waals surface area contributed by atoms with Crippen LogP contribution in [-0.2, 0) is 15.0 Å². The monoisotopic (exact) mass is 273 g/mol. The first kappa shape index (κ1) is 13.6. The molecule has 1 saturated carbocycles. The molecular formula is C17H23NO2. The van der Waals surface area contributed by atoms with Gasteiger partial charge in [0, 0.05) is 11.8 Å². The van der Waals surface area contributed by atoms with Gasteiger partial charge >= 0.3 is 0 Å². The number of hydrogen-bond donors (Lipinski definition) is 0. The summed E-state index contributed by atoms with van der Waals surface area (Å²) in [4.78, 5) is 18.2. The summed E-state index contributed by atoms with van der Waals surface area (Å²) >= 11 is 0. The van der Waals surface area contributed by atoms with Gasteiger partial charge < -0.3 is 0 Å². The molecule has 0 spiro atoms.